The molecule has 1 aromatic carbocycles. The van der Waals surface area contributed by atoms with Gasteiger partial charge in [-0.1, -0.05) is 0 Å². The smallest absolute Gasteiger partial charge is 0.418 e. The average molecular weight is 264 g/mol. The lowest BCUT2D eigenvalue weighted by molar-refractivity contribution is 0.368. The van der Waals surface area contributed by atoms with E-state index in [0.29, 0.717) is 0 Å². The number of diazo groups is 1. The normalized spacial score (nSPS) is 10.3. The molecule has 0 fully saturated rings. The van der Waals surface area contributed by atoms with Gasteiger partial charge in [-0.05, 0) is 0 Å². The Morgan fingerprint density at radius 1 is 0.882 bits per heavy atom. The van der Waals surface area contributed by atoms with Gasteiger partial charge in [-0.3, -0.25) is 0 Å². The molecule has 0 unspecified atom stereocenters. The van der Waals surface area contributed by atoms with E-state index in [1.54, 1.807) is 0 Å². The highest BCUT2D eigenvalue weighted by molar-refractivity contribution is 6.50. The zero-order chi connectivity index (χ0) is 13.8. The minimum absolute atomic E-state index is 0.0271. The fraction of sp³-hybridized carbons (Fsp3) is 0. The fourth-order valence-electron chi connectivity index (χ4n) is 0.648. The summed E-state index contributed by atoms with van der Waals surface area (Å²) in [5.74, 6) is -6.67. The Hall–Kier alpha value is -1.86. The maximum absolute atomic E-state index is 12.4. The minimum atomic E-state index is -6.00. The van der Waals surface area contributed by atoms with Crippen LogP contribution in [0, 0.1) is 28.7 Å². The van der Waals surface area contributed by atoms with Crippen molar-refractivity contribution < 1.29 is 34.8 Å². The van der Waals surface area contributed by atoms with Crippen LogP contribution in [0.25, 0.3) is 4.98 Å². The Kier molecular flexibility index (Phi) is 4.87. The van der Waals surface area contributed by atoms with Crippen LogP contribution in [0.3, 0.4) is 0 Å². The predicted molar refractivity (Wildman–Crippen MR) is 41.2 cm³/mol. The van der Waals surface area contributed by atoms with Crippen LogP contribution in [0.2, 0.25) is 0 Å². The van der Waals surface area contributed by atoms with Gasteiger partial charge in [-0.25, -0.2) is 8.78 Å². The Balaban J connectivity index is 0.000000437. The topological polar surface area (TPSA) is 28.1 Å². The molecule has 0 N–H and O–H groups in total. The van der Waals surface area contributed by atoms with E-state index in [0.717, 1.165) is 0 Å². The van der Waals surface area contributed by atoms with Crippen LogP contribution in [0.15, 0.2) is 6.07 Å². The summed E-state index contributed by atoms with van der Waals surface area (Å²) in [6, 6.07) is 0.0271. The molecular weight excluding hydrogens is 263 g/mol. The first-order valence-corrected chi connectivity index (χ1v) is 3.63. The monoisotopic (exact) mass is 264 g/mol. The molecule has 0 aliphatic carbocycles. The van der Waals surface area contributed by atoms with Gasteiger partial charge in [0.15, 0.2) is 16.6 Å². The highest BCUT2D eigenvalue weighted by atomic mass is 19.5. The molecular formula is C6HBF8N2. The summed E-state index contributed by atoms with van der Waals surface area (Å²) in [5, 5.41) is 7.96. The number of benzene rings is 1. The summed E-state index contributed by atoms with van der Waals surface area (Å²) in [6.07, 6.45) is 0. The lowest BCUT2D eigenvalue weighted by Crippen LogP contribution is -2.02. The lowest BCUT2D eigenvalue weighted by Gasteiger charge is -1.94. The first-order chi connectivity index (χ1) is 7.57. The van der Waals surface area contributed by atoms with E-state index in [-0.39, 0.29) is 6.07 Å². The maximum Gasteiger partial charge on any atom is 0.673 e. The average Bonchev–Trinajstić information content (AvgIpc) is 2.13. The summed E-state index contributed by atoms with van der Waals surface area (Å²) in [4.78, 5) is 2.06. The summed E-state index contributed by atoms with van der Waals surface area (Å²) in [5.41, 5.74) is -1.37. The van der Waals surface area contributed by atoms with E-state index in [1.165, 1.54) is 0 Å². The number of hydrogen-bond acceptors (Lipinski definition) is 1. The quantitative estimate of drug-likeness (QED) is 0.301. The van der Waals surface area contributed by atoms with Gasteiger partial charge in [0.1, 0.15) is 0 Å². The second-order valence-corrected chi connectivity index (χ2v) is 2.41. The van der Waals surface area contributed by atoms with E-state index < -0.39 is 36.2 Å². The van der Waals surface area contributed by atoms with Crippen molar-refractivity contribution in [3.63, 3.8) is 0 Å². The summed E-state index contributed by atoms with van der Waals surface area (Å²) < 4.78 is 88.3. The maximum atomic E-state index is 12.4. The molecule has 0 spiro atoms. The Morgan fingerprint density at radius 3 is 1.41 bits per heavy atom. The molecule has 0 saturated heterocycles. The predicted octanol–water partition coefficient (Wildman–Crippen LogP) is 4.03. The standard InChI is InChI=1S/C6HF4N2.BF4/c7-2-1-3(8)5(10)6(12-11)4(2)9;2-1(3,4)5/h1H;/q+1;-1. The molecule has 11 heteroatoms. The number of hydrogen-bond donors (Lipinski definition) is 0. The van der Waals surface area contributed by atoms with Crippen LogP contribution in [-0.4, -0.2) is 7.25 Å². The van der Waals surface area contributed by atoms with Crippen LogP contribution < -0.4 is 0 Å². The second-order valence-electron chi connectivity index (χ2n) is 2.41. The van der Waals surface area contributed by atoms with Crippen molar-refractivity contribution in [2.45, 2.75) is 0 Å². The molecule has 17 heavy (non-hydrogen) atoms. The number of rotatable bonds is 0. The second kappa shape index (κ2) is 5.47. The van der Waals surface area contributed by atoms with E-state index in [1.807, 2.05) is 0 Å². The largest absolute Gasteiger partial charge is 0.673 e. The molecule has 0 atom stereocenters. The summed E-state index contributed by atoms with van der Waals surface area (Å²) in [6.45, 7) is 0. The van der Waals surface area contributed by atoms with E-state index in [2.05, 4.69) is 4.98 Å². The van der Waals surface area contributed by atoms with Gasteiger partial charge >= 0.3 is 12.9 Å². The van der Waals surface area contributed by atoms with Crippen molar-refractivity contribution in [2.24, 2.45) is 0 Å². The summed E-state index contributed by atoms with van der Waals surface area (Å²) in [7, 11) is -6.00. The lowest BCUT2D eigenvalue weighted by atomic mass is 10.3. The molecule has 0 saturated carbocycles. The van der Waals surface area contributed by atoms with Crippen molar-refractivity contribution >= 4 is 12.9 Å². The Bertz CT molecular complexity index is 419. The van der Waals surface area contributed by atoms with Crippen molar-refractivity contribution in [2.75, 3.05) is 0 Å². The zero-order valence-electron chi connectivity index (χ0n) is 7.57. The molecule has 0 aliphatic heterocycles. The minimum Gasteiger partial charge on any atom is -0.418 e. The van der Waals surface area contributed by atoms with Gasteiger partial charge in [0.2, 0.25) is 5.39 Å². The van der Waals surface area contributed by atoms with Gasteiger partial charge in [0, 0.05) is 6.07 Å². The zero-order valence-corrected chi connectivity index (χ0v) is 7.57. The van der Waals surface area contributed by atoms with Crippen LogP contribution in [0.1, 0.15) is 0 Å². The molecule has 94 valence electrons. The highest BCUT2D eigenvalue weighted by Crippen LogP contribution is 2.26. The molecule has 0 radical (unpaired) electrons. The van der Waals surface area contributed by atoms with Crippen molar-refractivity contribution in [3.8, 4) is 0 Å². The fourth-order valence-corrected chi connectivity index (χ4v) is 0.648. The molecule has 2 nitrogen and oxygen atoms in total. The third-order valence-corrected chi connectivity index (χ3v) is 1.19. The van der Waals surface area contributed by atoms with Crippen LogP contribution >= 0.6 is 0 Å². The SMILES string of the molecule is F[B-](F)(F)F.N#[N+]c1c(F)c(F)cc(F)c1F. The van der Waals surface area contributed by atoms with Gasteiger partial charge in [-0.2, -0.15) is 8.78 Å². The van der Waals surface area contributed by atoms with Crippen molar-refractivity contribution in [1.82, 2.24) is 0 Å². The van der Waals surface area contributed by atoms with E-state index in [4.69, 9.17) is 5.39 Å². The van der Waals surface area contributed by atoms with Crippen molar-refractivity contribution in [3.05, 3.63) is 34.3 Å². The highest BCUT2D eigenvalue weighted by Gasteiger charge is 2.29. The van der Waals surface area contributed by atoms with Gasteiger partial charge in [0.05, 0.1) is 0 Å². The van der Waals surface area contributed by atoms with E-state index >= 15 is 0 Å². The molecule has 1 aromatic rings. The molecule has 1 rings (SSSR count). The van der Waals surface area contributed by atoms with Crippen molar-refractivity contribution in [1.29, 1.82) is 5.39 Å². The van der Waals surface area contributed by atoms with Crippen LogP contribution in [-0.2, 0) is 0 Å². The molecule has 0 bridgehead atoms. The van der Waals surface area contributed by atoms with E-state index in [9.17, 15) is 34.8 Å². The molecule has 0 aromatic heterocycles. The molecule has 0 aliphatic rings. The first kappa shape index (κ1) is 15.1. The molecule has 0 heterocycles. The molecule has 0 amide bonds. The third kappa shape index (κ3) is 5.14. The van der Waals surface area contributed by atoms with Crippen LogP contribution in [0.5, 0.6) is 0 Å². The Labute approximate surface area is 88.6 Å². The van der Waals surface area contributed by atoms with Gasteiger partial charge in [-0.15, -0.1) is 0 Å². The number of halogens is 8. The first-order valence-electron chi connectivity index (χ1n) is 3.63. The van der Waals surface area contributed by atoms with Gasteiger partial charge in [0.25, 0.3) is 11.6 Å². The van der Waals surface area contributed by atoms with Crippen LogP contribution in [0.4, 0.5) is 40.5 Å². The summed E-state index contributed by atoms with van der Waals surface area (Å²) >= 11 is 0. The number of nitrogens with zero attached hydrogens (tertiary/aromatic N) is 2. The Morgan fingerprint density at radius 2 is 1.18 bits per heavy atom. The van der Waals surface area contributed by atoms with Gasteiger partial charge < -0.3 is 17.3 Å². The third-order valence-electron chi connectivity index (χ3n) is 1.19.